The van der Waals surface area contributed by atoms with Crippen molar-refractivity contribution < 1.29 is 14.3 Å². The van der Waals surface area contributed by atoms with Crippen molar-refractivity contribution in [2.75, 3.05) is 6.61 Å². The molecule has 27 heavy (non-hydrogen) atoms. The Kier molecular flexibility index (Phi) is 6.57. The zero-order chi connectivity index (χ0) is 19.4. The molecule has 7 heteroatoms. The third-order valence-electron chi connectivity index (χ3n) is 3.74. The molecule has 0 radical (unpaired) electrons. The van der Waals surface area contributed by atoms with Crippen molar-refractivity contribution in [2.45, 2.75) is 6.54 Å². The van der Waals surface area contributed by atoms with E-state index in [4.69, 9.17) is 4.74 Å². The number of amides is 2. The molecule has 1 heterocycles. The number of thioether (sulfide) groups is 1. The maximum Gasteiger partial charge on any atom is 0.293 e. The van der Waals surface area contributed by atoms with Crippen LogP contribution in [0.25, 0.3) is 6.08 Å². The summed E-state index contributed by atoms with van der Waals surface area (Å²) in [5.41, 5.74) is 1.61. The van der Waals surface area contributed by atoms with Crippen LogP contribution in [0.1, 0.15) is 11.1 Å². The number of carbonyl (C=O) groups is 2. The molecule has 1 fully saturated rings. The average molecular weight is 509 g/mol. The summed E-state index contributed by atoms with van der Waals surface area (Å²) in [5.74, 6) is 0.320. The second kappa shape index (κ2) is 8.91. The Morgan fingerprint density at radius 2 is 1.78 bits per heavy atom. The van der Waals surface area contributed by atoms with Crippen molar-refractivity contribution >= 4 is 60.8 Å². The van der Waals surface area contributed by atoms with E-state index >= 15 is 0 Å². The summed E-state index contributed by atoms with van der Waals surface area (Å²) in [6, 6.07) is 13.0. The molecule has 0 atom stereocenters. The van der Waals surface area contributed by atoms with E-state index in [0.717, 1.165) is 31.8 Å². The van der Waals surface area contributed by atoms with Crippen molar-refractivity contribution in [3.63, 3.8) is 0 Å². The highest BCUT2D eigenvalue weighted by molar-refractivity contribution is 9.10. The summed E-state index contributed by atoms with van der Waals surface area (Å²) >= 11 is 7.74. The fourth-order valence-electron chi connectivity index (χ4n) is 2.46. The summed E-state index contributed by atoms with van der Waals surface area (Å²) in [6.45, 7) is 4.24. The second-order valence-corrected chi connectivity index (χ2v) is 8.50. The van der Waals surface area contributed by atoms with Gasteiger partial charge in [-0.3, -0.25) is 14.5 Å². The molecule has 1 aliphatic rings. The van der Waals surface area contributed by atoms with Crippen LogP contribution < -0.4 is 4.74 Å². The third-order valence-corrected chi connectivity index (χ3v) is 5.67. The molecular weight excluding hydrogens is 494 g/mol. The molecule has 1 saturated heterocycles. The molecule has 0 saturated carbocycles. The normalized spacial score (nSPS) is 15.5. The van der Waals surface area contributed by atoms with Gasteiger partial charge in [0.25, 0.3) is 11.1 Å². The van der Waals surface area contributed by atoms with Gasteiger partial charge in [-0.25, -0.2) is 0 Å². The van der Waals surface area contributed by atoms with E-state index in [1.54, 1.807) is 12.2 Å². The van der Waals surface area contributed by atoms with Crippen LogP contribution in [0, 0.1) is 0 Å². The van der Waals surface area contributed by atoms with E-state index in [2.05, 4.69) is 38.4 Å². The molecule has 0 N–H and O–H groups in total. The van der Waals surface area contributed by atoms with Crippen molar-refractivity contribution in [1.29, 1.82) is 0 Å². The first-order valence-corrected chi connectivity index (χ1v) is 10.4. The number of benzene rings is 2. The molecule has 0 spiro atoms. The number of hydrogen-bond donors (Lipinski definition) is 0. The number of carbonyl (C=O) groups excluding carboxylic acids is 2. The zero-order valence-electron chi connectivity index (χ0n) is 14.2. The van der Waals surface area contributed by atoms with Crippen LogP contribution in [-0.4, -0.2) is 22.7 Å². The third kappa shape index (κ3) is 4.91. The van der Waals surface area contributed by atoms with Crippen LogP contribution in [0.15, 0.2) is 69.0 Å². The second-order valence-electron chi connectivity index (χ2n) is 5.68. The number of imide groups is 1. The summed E-state index contributed by atoms with van der Waals surface area (Å²) in [5, 5.41) is -0.280. The smallest absolute Gasteiger partial charge is 0.293 e. The minimum Gasteiger partial charge on any atom is -0.489 e. The summed E-state index contributed by atoms with van der Waals surface area (Å²) in [6.07, 6.45) is 3.34. The van der Waals surface area contributed by atoms with E-state index in [1.807, 2.05) is 42.5 Å². The van der Waals surface area contributed by atoms with Crippen LogP contribution in [-0.2, 0) is 11.3 Å². The molecule has 138 valence electrons. The van der Waals surface area contributed by atoms with Gasteiger partial charge in [-0.2, -0.15) is 0 Å². The van der Waals surface area contributed by atoms with Gasteiger partial charge in [0, 0.05) is 14.5 Å². The van der Waals surface area contributed by atoms with Gasteiger partial charge in [-0.05, 0) is 53.7 Å². The molecule has 2 aromatic carbocycles. The highest BCUT2D eigenvalue weighted by atomic mass is 79.9. The van der Waals surface area contributed by atoms with Gasteiger partial charge in [-0.15, -0.1) is 0 Å². The minimum atomic E-state index is -0.303. The fraction of sp³-hybridized carbons (Fsp3) is 0.100. The standard InChI is InChI=1S/C20H15Br2NO3S/c1-2-9-26-17-8-7-16(22)10-14(17)11-18-19(24)23(20(25)27-18)12-13-3-5-15(21)6-4-13/h2-8,10-11H,1,9,12H2/b18-11-. The Morgan fingerprint density at radius 1 is 1.07 bits per heavy atom. The maximum absolute atomic E-state index is 12.7. The average Bonchev–Trinajstić information content (AvgIpc) is 2.90. The highest BCUT2D eigenvalue weighted by Crippen LogP contribution is 2.35. The monoisotopic (exact) mass is 507 g/mol. The van der Waals surface area contributed by atoms with Crippen LogP contribution >= 0.6 is 43.6 Å². The Labute approximate surface area is 178 Å². The first kappa shape index (κ1) is 19.9. The SMILES string of the molecule is C=CCOc1ccc(Br)cc1/C=C1\SC(=O)N(Cc2ccc(Br)cc2)C1=O. The number of ether oxygens (including phenoxy) is 1. The lowest BCUT2D eigenvalue weighted by atomic mass is 10.1. The Morgan fingerprint density at radius 3 is 2.48 bits per heavy atom. The first-order chi connectivity index (χ1) is 13.0. The van der Waals surface area contributed by atoms with Crippen molar-refractivity contribution in [3.8, 4) is 5.75 Å². The molecular formula is C20H15Br2NO3S. The summed E-state index contributed by atoms with van der Waals surface area (Å²) < 4.78 is 7.44. The van der Waals surface area contributed by atoms with Gasteiger partial charge in [0.15, 0.2) is 0 Å². The molecule has 4 nitrogen and oxygen atoms in total. The molecule has 2 aromatic rings. The van der Waals surface area contributed by atoms with E-state index in [0.29, 0.717) is 17.3 Å². The Balaban J connectivity index is 1.85. The number of nitrogens with zero attached hydrogens (tertiary/aromatic N) is 1. The lowest BCUT2D eigenvalue weighted by Crippen LogP contribution is -2.27. The number of halogens is 2. The quantitative estimate of drug-likeness (QED) is 0.354. The molecule has 0 bridgehead atoms. The molecule has 3 rings (SSSR count). The van der Waals surface area contributed by atoms with Gasteiger partial charge in [-0.1, -0.05) is 56.6 Å². The lowest BCUT2D eigenvalue weighted by molar-refractivity contribution is -0.123. The minimum absolute atomic E-state index is 0.244. The topological polar surface area (TPSA) is 46.6 Å². The number of hydrogen-bond acceptors (Lipinski definition) is 4. The molecule has 0 unspecified atom stereocenters. The zero-order valence-corrected chi connectivity index (χ0v) is 18.1. The highest BCUT2D eigenvalue weighted by Gasteiger charge is 2.35. The first-order valence-electron chi connectivity index (χ1n) is 8.01. The van der Waals surface area contributed by atoms with Crippen molar-refractivity contribution in [3.05, 3.63) is 80.1 Å². The van der Waals surface area contributed by atoms with Gasteiger partial charge >= 0.3 is 0 Å². The van der Waals surface area contributed by atoms with Crippen LogP contribution in [0.3, 0.4) is 0 Å². The molecule has 0 aliphatic carbocycles. The van der Waals surface area contributed by atoms with E-state index in [1.165, 1.54) is 4.90 Å². The Hall–Kier alpha value is -1.83. The lowest BCUT2D eigenvalue weighted by Gasteiger charge is -2.12. The van der Waals surface area contributed by atoms with Gasteiger partial charge in [0.05, 0.1) is 11.4 Å². The fourth-order valence-corrected chi connectivity index (χ4v) is 3.93. The maximum atomic E-state index is 12.7. The Bertz CT molecular complexity index is 925. The van der Waals surface area contributed by atoms with Crippen LogP contribution in [0.5, 0.6) is 5.75 Å². The van der Waals surface area contributed by atoms with E-state index in [-0.39, 0.29) is 17.7 Å². The van der Waals surface area contributed by atoms with Gasteiger partial charge in [0.2, 0.25) is 0 Å². The predicted molar refractivity (Wildman–Crippen MR) is 115 cm³/mol. The predicted octanol–water partition coefficient (Wildman–Crippen LogP) is 6.01. The van der Waals surface area contributed by atoms with E-state index in [9.17, 15) is 9.59 Å². The van der Waals surface area contributed by atoms with Crippen molar-refractivity contribution in [1.82, 2.24) is 4.90 Å². The number of rotatable bonds is 6. The largest absolute Gasteiger partial charge is 0.489 e. The van der Waals surface area contributed by atoms with Crippen molar-refractivity contribution in [2.24, 2.45) is 0 Å². The van der Waals surface area contributed by atoms with E-state index < -0.39 is 0 Å². The molecule has 0 aromatic heterocycles. The summed E-state index contributed by atoms with van der Waals surface area (Å²) in [7, 11) is 0. The molecule has 2 amide bonds. The molecule has 1 aliphatic heterocycles. The van der Waals surface area contributed by atoms with Crippen LogP contribution in [0.2, 0.25) is 0 Å². The van der Waals surface area contributed by atoms with Crippen LogP contribution in [0.4, 0.5) is 4.79 Å². The van der Waals surface area contributed by atoms with Gasteiger partial charge in [0.1, 0.15) is 12.4 Å². The van der Waals surface area contributed by atoms with Gasteiger partial charge < -0.3 is 4.74 Å². The summed E-state index contributed by atoms with van der Waals surface area (Å²) in [4.78, 5) is 26.7.